The number of nitrogens with zero attached hydrogens (tertiary/aromatic N) is 4. The molecule has 0 atom stereocenters. The van der Waals surface area contributed by atoms with Crippen molar-refractivity contribution in [3.05, 3.63) is 36.3 Å². The van der Waals surface area contributed by atoms with Gasteiger partial charge in [0.15, 0.2) is 0 Å². The van der Waals surface area contributed by atoms with Crippen LogP contribution in [0.3, 0.4) is 0 Å². The van der Waals surface area contributed by atoms with Gasteiger partial charge in [-0.05, 0) is 56.3 Å². The van der Waals surface area contributed by atoms with Crippen LogP contribution in [0.1, 0.15) is 25.7 Å². The average molecular weight is 330 g/mol. The summed E-state index contributed by atoms with van der Waals surface area (Å²) in [6.45, 7) is 9.42. The summed E-state index contributed by atoms with van der Waals surface area (Å²) in [6.07, 6.45) is 11.0. The monoisotopic (exact) mass is 330 g/mol. The first-order chi connectivity index (χ1) is 11.7. The molecule has 24 heavy (non-hydrogen) atoms. The van der Waals surface area contributed by atoms with Gasteiger partial charge in [-0.3, -0.25) is 0 Å². The van der Waals surface area contributed by atoms with Crippen molar-refractivity contribution < 1.29 is 5.11 Å². The normalized spacial score (nSPS) is 25.2. The number of β-amino-alcohol motifs (C(OH)–C–C–N with tert-alkyl or cyclic N) is 1. The van der Waals surface area contributed by atoms with E-state index in [2.05, 4.69) is 40.6 Å². The Kier molecular flexibility index (Phi) is 5.74. The van der Waals surface area contributed by atoms with E-state index in [-0.39, 0.29) is 6.61 Å². The number of piperidine rings is 1. The Morgan fingerprint density at radius 2 is 2.00 bits per heavy atom. The van der Waals surface area contributed by atoms with Gasteiger partial charge in [0.25, 0.3) is 0 Å². The third kappa shape index (κ3) is 3.73. The molecule has 0 radical (unpaired) electrons. The van der Waals surface area contributed by atoms with Crippen molar-refractivity contribution in [3.63, 3.8) is 0 Å². The zero-order valence-corrected chi connectivity index (χ0v) is 14.8. The number of aliphatic imine (C=N–C) groups is 1. The fourth-order valence-electron chi connectivity index (χ4n) is 3.91. The van der Waals surface area contributed by atoms with Crippen molar-refractivity contribution >= 4 is 5.84 Å². The number of likely N-dealkylation sites (tertiary alicyclic amines) is 2. The van der Waals surface area contributed by atoms with Gasteiger partial charge in [0.1, 0.15) is 11.7 Å². The Balaban J connectivity index is 1.78. The van der Waals surface area contributed by atoms with Gasteiger partial charge in [-0.25, -0.2) is 4.99 Å². The van der Waals surface area contributed by atoms with Crippen LogP contribution < -0.4 is 0 Å². The van der Waals surface area contributed by atoms with Gasteiger partial charge >= 0.3 is 0 Å². The highest BCUT2D eigenvalue weighted by Gasteiger charge is 2.26. The lowest BCUT2D eigenvalue weighted by molar-refractivity contribution is 0.156. The molecule has 0 spiro atoms. The second-order valence-corrected chi connectivity index (χ2v) is 6.91. The molecule has 2 fully saturated rings. The number of rotatable bonds is 4. The number of aliphatic hydroxyl groups excluding tert-OH is 1. The summed E-state index contributed by atoms with van der Waals surface area (Å²) in [5.41, 5.74) is 1.27. The molecule has 0 aromatic carbocycles. The highest BCUT2D eigenvalue weighted by atomic mass is 16.3. The molecule has 3 aliphatic heterocycles. The van der Waals surface area contributed by atoms with Crippen LogP contribution in [0.25, 0.3) is 0 Å². The quantitative estimate of drug-likeness (QED) is 0.857. The molecule has 1 N–H and O–H groups in total. The van der Waals surface area contributed by atoms with Crippen molar-refractivity contribution in [1.29, 1.82) is 0 Å². The van der Waals surface area contributed by atoms with E-state index in [0.717, 1.165) is 57.2 Å². The van der Waals surface area contributed by atoms with Gasteiger partial charge in [-0.15, -0.1) is 0 Å². The minimum atomic E-state index is 0.247. The van der Waals surface area contributed by atoms with Crippen LogP contribution >= 0.6 is 0 Å². The van der Waals surface area contributed by atoms with Crippen LogP contribution in [0.15, 0.2) is 41.3 Å². The summed E-state index contributed by atoms with van der Waals surface area (Å²) in [6, 6.07) is 0. The third-order valence-electron chi connectivity index (χ3n) is 5.35. The molecule has 0 unspecified atom stereocenters. The number of hydrogen-bond acceptors (Lipinski definition) is 5. The van der Waals surface area contributed by atoms with Crippen molar-refractivity contribution in [2.75, 3.05) is 46.4 Å². The smallest absolute Gasteiger partial charge is 0.138 e. The molecule has 5 nitrogen and oxygen atoms in total. The molecule has 3 aliphatic rings. The molecule has 0 aromatic rings. The minimum Gasteiger partial charge on any atom is -0.395 e. The van der Waals surface area contributed by atoms with Gasteiger partial charge < -0.3 is 19.8 Å². The zero-order chi connectivity index (χ0) is 16.9. The third-order valence-corrected chi connectivity index (χ3v) is 5.35. The van der Waals surface area contributed by atoms with Crippen LogP contribution in [0.2, 0.25) is 0 Å². The first kappa shape index (κ1) is 17.2. The largest absolute Gasteiger partial charge is 0.395 e. The van der Waals surface area contributed by atoms with Gasteiger partial charge in [0.2, 0.25) is 0 Å². The predicted octanol–water partition coefficient (Wildman–Crippen LogP) is 2.04. The Bertz CT molecular complexity index is 538. The van der Waals surface area contributed by atoms with Crippen LogP contribution in [0.5, 0.6) is 0 Å². The first-order valence-corrected chi connectivity index (χ1v) is 9.17. The number of allylic oxidation sites excluding steroid dienone is 2. The topological polar surface area (TPSA) is 42.3 Å². The van der Waals surface area contributed by atoms with Gasteiger partial charge in [0.05, 0.1) is 6.61 Å². The lowest BCUT2D eigenvalue weighted by atomic mass is 9.88. The molecule has 2 saturated heterocycles. The molecule has 0 saturated carbocycles. The number of hydrogen-bond donors (Lipinski definition) is 1. The molecule has 3 rings (SSSR count). The Morgan fingerprint density at radius 3 is 2.62 bits per heavy atom. The average Bonchev–Trinajstić information content (AvgIpc) is 3.13. The van der Waals surface area contributed by atoms with E-state index in [1.54, 1.807) is 0 Å². The Hall–Kier alpha value is -1.59. The number of aliphatic hydroxyl groups is 1. The number of amidine groups is 1. The minimum absolute atomic E-state index is 0.247. The maximum atomic E-state index is 9.11. The second-order valence-electron chi connectivity index (χ2n) is 6.91. The zero-order valence-electron chi connectivity index (χ0n) is 14.8. The van der Waals surface area contributed by atoms with Crippen LogP contribution in [0.4, 0.5) is 0 Å². The first-order valence-electron chi connectivity index (χ1n) is 9.17. The molecule has 3 heterocycles. The van der Waals surface area contributed by atoms with E-state index in [4.69, 9.17) is 10.1 Å². The Morgan fingerprint density at radius 1 is 1.29 bits per heavy atom. The summed E-state index contributed by atoms with van der Waals surface area (Å²) in [5, 5.41) is 9.11. The molecule has 0 aliphatic carbocycles. The predicted molar refractivity (Wildman–Crippen MR) is 98.6 cm³/mol. The molecular formula is C19H30N4O. The maximum absolute atomic E-state index is 9.11. The summed E-state index contributed by atoms with van der Waals surface area (Å²) in [4.78, 5) is 11.8. The van der Waals surface area contributed by atoms with Crippen molar-refractivity contribution in [2.45, 2.75) is 25.7 Å². The summed E-state index contributed by atoms with van der Waals surface area (Å²) >= 11 is 0. The Labute approximate surface area is 145 Å². The van der Waals surface area contributed by atoms with E-state index in [1.807, 2.05) is 6.08 Å². The highest BCUT2D eigenvalue weighted by Crippen LogP contribution is 2.30. The van der Waals surface area contributed by atoms with E-state index < -0.39 is 0 Å². The summed E-state index contributed by atoms with van der Waals surface area (Å²) < 4.78 is 0. The molecule has 0 amide bonds. The van der Waals surface area contributed by atoms with Crippen LogP contribution in [-0.2, 0) is 0 Å². The van der Waals surface area contributed by atoms with Crippen molar-refractivity contribution in [3.8, 4) is 0 Å². The van der Waals surface area contributed by atoms with E-state index in [9.17, 15) is 0 Å². The van der Waals surface area contributed by atoms with E-state index in [0.29, 0.717) is 5.92 Å². The lowest BCUT2D eigenvalue weighted by Crippen LogP contribution is -2.36. The van der Waals surface area contributed by atoms with E-state index >= 15 is 0 Å². The van der Waals surface area contributed by atoms with Crippen molar-refractivity contribution in [2.24, 2.45) is 10.9 Å². The lowest BCUT2D eigenvalue weighted by Gasteiger charge is -2.34. The van der Waals surface area contributed by atoms with Gasteiger partial charge in [-0.1, -0.05) is 12.7 Å². The SMILES string of the molecule is C=C/C(=C1/N=C(N2CCCC2)C=CN1C)C1CCN(CCO)CC1. The summed E-state index contributed by atoms with van der Waals surface area (Å²) in [7, 11) is 2.07. The maximum Gasteiger partial charge on any atom is 0.138 e. The molecule has 5 heteroatoms. The fraction of sp³-hybridized carbons (Fsp3) is 0.632. The molecule has 0 aromatic heterocycles. The highest BCUT2D eigenvalue weighted by molar-refractivity contribution is 5.94. The van der Waals surface area contributed by atoms with Gasteiger partial charge in [-0.2, -0.15) is 0 Å². The summed E-state index contributed by atoms with van der Waals surface area (Å²) in [5.74, 6) is 2.65. The standard InChI is InChI=1S/C19H30N4O/c1-3-17(16-6-12-22(13-7-16)14-15-24)19-20-18(8-11-21(19)2)23-9-4-5-10-23/h3,8,11,16,24H,1,4-7,9-10,12-15H2,2H3/b19-17+. The second kappa shape index (κ2) is 7.99. The van der Waals surface area contributed by atoms with Gasteiger partial charge in [0, 0.05) is 32.9 Å². The van der Waals surface area contributed by atoms with Crippen molar-refractivity contribution in [1.82, 2.24) is 14.7 Å². The van der Waals surface area contributed by atoms with Crippen LogP contribution in [0, 0.1) is 5.92 Å². The molecule has 0 bridgehead atoms. The fourth-order valence-corrected chi connectivity index (χ4v) is 3.91. The van der Waals surface area contributed by atoms with Crippen LogP contribution in [-0.4, -0.2) is 72.0 Å². The van der Waals surface area contributed by atoms with E-state index in [1.165, 1.54) is 18.4 Å². The molecular weight excluding hydrogens is 300 g/mol. The molecule has 132 valence electrons.